The van der Waals surface area contributed by atoms with Crippen molar-refractivity contribution in [3.63, 3.8) is 0 Å². The number of hydrogen-bond acceptors (Lipinski definition) is 4. The van der Waals surface area contributed by atoms with Gasteiger partial charge in [-0.15, -0.1) is 11.3 Å². The molecule has 0 aromatic carbocycles. The number of halogens is 1. The molecule has 5 heteroatoms. The van der Waals surface area contributed by atoms with E-state index in [1.54, 1.807) is 18.3 Å². The second kappa shape index (κ2) is 5.23. The molecule has 0 spiro atoms. The van der Waals surface area contributed by atoms with Crippen LogP contribution in [0.4, 0.5) is 10.2 Å². The number of nitrogens with zero attached hydrogens (tertiary/aromatic N) is 2. The average Bonchev–Trinajstić information content (AvgIpc) is 2.79. The Labute approximate surface area is 104 Å². The summed E-state index contributed by atoms with van der Waals surface area (Å²) < 4.78 is 13.6. The highest BCUT2D eigenvalue weighted by atomic mass is 32.1. The Morgan fingerprint density at radius 1 is 1.29 bits per heavy atom. The van der Waals surface area contributed by atoms with Crippen molar-refractivity contribution in [1.29, 1.82) is 0 Å². The summed E-state index contributed by atoms with van der Waals surface area (Å²) in [6, 6.07) is 4.16. The zero-order valence-corrected chi connectivity index (χ0v) is 10.6. The Balaban J connectivity index is 2.04. The molecular formula is C12H14FN3S. The lowest BCUT2D eigenvalue weighted by molar-refractivity contribution is 0.605. The molecule has 0 aliphatic heterocycles. The van der Waals surface area contributed by atoms with E-state index in [4.69, 9.17) is 0 Å². The fraction of sp³-hybridized carbons (Fsp3) is 0.333. The molecule has 2 rings (SSSR count). The molecule has 2 aromatic rings. The maximum absolute atomic E-state index is 13.6. The predicted molar refractivity (Wildman–Crippen MR) is 67.8 cm³/mol. The first-order chi connectivity index (χ1) is 8.20. The maximum atomic E-state index is 13.6. The van der Waals surface area contributed by atoms with Crippen LogP contribution in [0.5, 0.6) is 0 Å². The van der Waals surface area contributed by atoms with Crippen LogP contribution in [0.25, 0.3) is 0 Å². The summed E-state index contributed by atoms with van der Waals surface area (Å²) in [7, 11) is 0. The first-order valence-corrected chi connectivity index (χ1v) is 6.31. The van der Waals surface area contributed by atoms with Crippen LogP contribution in [-0.2, 0) is 13.0 Å². The Hall–Kier alpha value is -1.49. The van der Waals surface area contributed by atoms with Crippen LogP contribution in [0.1, 0.15) is 22.4 Å². The van der Waals surface area contributed by atoms with Crippen molar-refractivity contribution in [3.05, 3.63) is 39.7 Å². The van der Waals surface area contributed by atoms with Crippen LogP contribution in [0.15, 0.2) is 18.5 Å². The number of nitrogens with one attached hydrogen (secondary N) is 1. The standard InChI is InChI=1S/C12H14FN3S/c1-3-9-4-5-10(17-9)6-14-12-11(13)8(2)15-7-16-12/h4-5,7H,3,6H2,1-2H3,(H,14,15,16). The lowest BCUT2D eigenvalue weighted by Gasteiger charge is -2.05. The molecule has 0 bridgehead atoms. The average molecular weight is 251 g/mol. The molecule has 0 aliphatic rings. The molecule has 90 valence electrons. The molecule has 2 heterocycles. The summed E-state index contributed by atoms with van der Waals surface area (Å²) in [6.45, 7) is 4.34. The first-order valence-electron chi connectivity index (χ1n) is 5.49. The zero-order chi connectivity index (χ0) is 12.3. The highest BCUT2D eigenvalue weighted by molar-refractivity contribution is 7.12. The smallest absolute Gasteiger partial charge is 0.186 e. The Bertz CT molecular complexity index is 510. The molecule has 0 atom stereocenters. The molecule has 0 radical (unpaired) electrons. The van der Waals surface area contributed by atoms with Crippen molar-refractivity contribution in [1.82, 2.24) is 9.97 Å². The number of aromatic nitrogens is 2. The van der Waals surface area contributed by atoms with Crippen molar-refractivity contribution < 1.29 is 4.39 Å². The van der Waals surface area contributed by atoms with Crippen LogP contribution >= 0.6 is 11.3 Å². The van der Waals surface area contributed by atoms with Crippen molar-refractivity contribution in [2.45, 2.75) is 26.8 Å². The van der Waals surface area contributed by atoms with Crippen LogP contribution in [0.3, 0.4) is 0 Å². The number of rotatable bonds is 4. The third kappa shape index (κ3) is 2.79. The second-order valence-corrected chi connectivity index (χ2v) is 4.95. The molecule has 0 saturated carbocycles. The minimum atomic E-state index is -0.375. The minimum absolute atomic E-state index is 0.268. The third-order valence-corrected chi connectivity index (χ3v) is 3.69. The summed E-state index contributed by atoms with van der Waals surface area (Å²) in [5.41, 5.74) is 0.364. The molecule has 2 aromatic heterocycles. The quantitative estimate of drug-likeness (QED) is 0.907. The van der Waals surface area contributed by atoms with Gasteiger partial charge in [-0.2, -0.15) is 0 Å². The second-order valence-electron chi connectivity index (χ2n) is 3.70. The van der Waals surface area contributed by atoms with E-state index in [0.29, 0.717) is 12.2 Å². The Morgan fingerprint density at radius 3 is 2.76 bits per heavy atom. The third-order valence-electron chi connectivity index (χ3n) is 2.46. The molecular weight excluding hydrogens is 237 g/mol. The largest absolute Gasteiger partial charge is 0.363 e. The maximum Gasteiger partial charge on any atom is 0.186 e. The van der Waals surface area contributed by atoms with E-state index >= 15 is 0 Å². The number of anilines is 1. The predicted octanol–water partition coefficient (Wildman–Crippen LogP) is 3.16. The van der Waals surface area contributed by atoms with Gasteiger partial charge in [0.25, 0.3) is 0 Å². The van der Waals surface area contributed by atoms with Gasteiger partial charge in [-0.3, -0.25) is 0 Å². The summed E-state index contributed by atoms with van der Waals surface area (Å²) in [5.74, 6) is -0.108. The van der Waals surface area contributed by atoms with Gasteiger partial charge in [-0.25, -0.2) is 14.4 Å². The van der Waals surface area contributed by atoms with Gasteiger partial charge in [0.1, 0.15) is 6.33 Å². The minimum Gasteiger partial charge on any atom is -0.363 e. The van der Waals surface area contributed by atoms with Crippen molar-refractivity contribution in [3.8, 4) is 0 Å². The summed E-state index contributed by atoms with van der Waals surface area (Å²) in [6.07, 6.45) is 2.40. The van der Waals surface area contributed by atoms with Gasteiger partial charge in [0, 0.05) is 9.75 Å². The zero-order valence-electron chi connectivity index (χ0n) is 9.83. The Kier molecular flexibility index (Phi) is 3.68. The molecule has 0 aliphatic carbocycles. The van der Waals surface area contributed by atoms with Crippen LogP contribution in [-0.4, -0.2) is 9.97 Å². The number of aryl methyl sites for hydroxylation is 2. The van der Waals surface area contributed by atoms with Crippen molar-refractivity contribution in [2.75, 3.05) is 5.32 Å². The van der Waals surface area contributed by atoms with Crippen LogP contribution in [0, 0.1) is 12.7 Å². The van der Waals surface area contributed by atoms with Gasteiger partial charge in [-0.1, -0.05) is 6.92 Å². The van der Waals surface area contributed by atoms with Crippen LogP contribution in [0.2, 0.25) is 0 Å². The number of hydrogen-bond donors (Lipinski definition) is 1. The lowest BCUT2D eigenvalue weighted by atomic mass is 10.3. The van der Waals surface area contributed by atoms with Crippen molar-refractivity contribution >= 4 is 17.2 Å². The SMILES string of the molecule is CCc1ccc(CNc2ncnc(C)c2F)s1. The summed E-state index contributed by atoms with van der Waals surface area (Å²) >= 11 is 1.73. The van der Waals surface area contributed by atoms with Gasteiger partial charge in [-0.05, 0) is 25.5 Å². The molecule has 0 saturated heterocycles. The van der Waals surface area contributed by atoms with Gasteiger partial charge >= 0.3 is 0 Å². The first kappa shape index (κ1) is 12.0. The molecule has 1 N–H and O–H groups in total. The summed E-state index contributed by atoms with van der Waals surface area (Å²) in [4.78, 5) is 10.2. The molecule has 3 nitrogen and oxygen atoms in total. The van der Waals surface area contributed by atoms with Crippen molar-refractivity contribution in [2.24, 2.45) is 0 Å². The number of thiophene rings is 1. The van der Waals surface area contributed by atoms with Gasteiger partial charge in [0.05, 0.1) is 12.2 Å². The van der Waals surface area contributed by atoms with Gasteiger partial charge < -0.3 is 5.32 Å². The van der Waals surface area contributed by atoms with Gasteiger partial charge in [0.15, 0.2) is 11.6 Å². The molecule has 17 heavy (non-hydrogen) atoms. The Morgan fingerprint density at radius 2 is 2.06 bits per heavy atom. The highest BCUT2D eigenvalue weighted by Gasteiger charge is 2.07. The molecule has 0 unspecified atom stereocenters. The topological polar surface area (TPSA) is 37.8 Å². The van der Waals surface area contributed by atoms with E-state index < -0.39 is 0 Å². The van der Waals surface area contributed by atoms with Crippen LogP contribution < -0.4 is 5.32 Å². The highest BCUT2D eigenvalue weighted by Crippen LogP contribution is 2.19. The van der Waals surface area contributed by atoms with E-state index in [0.717, 1.165) is 6.42 Å². The molecule has 0 amide bonds. The monoisotopic (exact) mass is 251 g/mol. The van der Waals surface area contributed by atoms with E-state index in [1.807, 2.05) is 0 Å². The molecule has 0 fully saturated rings. The van der Waals surface area contributed by atoms with E-state index in [1.165, 1.54) is 16.1 Å². The fourth-order valence-electron chi connectivity index (χ4n) is 1.46. The van der Waals surface area contributed by atoms with E-state index in [9.17, 15) is 4.39 Å². The van der Waals surface area contributed by atoms with Gasteiger partial charge in [0.2, 0.25) is 0 Å². The summed E-state index contributed by atoms with van der Waals surface area (Å²) in [5, 5.41) is 2.99. The van der Waals surface area contributed by atoms with E-state index in [2.05, 4.69) is 34.3 Å². The fourth-order valence-corrected chi connectivity index (χ4v) is 2.36. The normalized spacial score (nSPS) is 10.5. The van der Waals surface area contributed by atoms with E-state index in [-0.39, 0.29) is 11.6 Å². The lowest BCUT2D eigenvalue weighted by Crippen LogP contribution is -2.04.